The standard InChI is InChI=1S/C14H22BrN3O2/c1-6-8-18(13(19)20-14(3,4)5)10(7-2)12-16-9-11(15)17-12/h7,9-10H,2,6,8H2,1,3-5H3,(H,16,17)/t10-/m0/s1. The Morgan fingerprint density at radius 2 is 2.30 bits per heavy atom. The summed E-state index contributed by atoms with van der Waals surface area (Å²) < 4.78 is 6.21. The summed E-state index contributed by atoms with van der Waals surface area (Å²) >= 11 is 3.32. The van der Waals surface area contributed by atoms with Crippen molar-refractivity contribution in [2.75, 3.05) is 6.54 Å². The Labute approximate surface area is 128 Å². The lowest BCUT2D eigenvalue weighted by Crippen LogP contribution is -2.39. The van der Waals surface area contributed by atoms with E-state index in [0.717, 1.165) is 11.0 Å². The number of hydrogen-bond acceptors (Lipinski definition) is 3. The maximum atomic E-state index is 12.3. The lowest BCUT2D eigenvalue weighted by molar-refractivity contribution is 0.0191. The summed E-state index contributed by atoms with van der Waals surface area (Å²) in [6.45, 7) is 11.9. The summed E-state index contributed by atoms with van der Waals surface area (Å²) in [7, 11) is 0. The summed E-state index contributed by atoms with van der Waals surface area (Å²) in [5, 5.41) is 0. The second-order valence-corrected chi connectivity index (χ2v) is 6.32. The van der Waals surface area contributed by atoms with Crippen molar-refractivity contribution in [3.8, 4) is 0 Å². The topological polar surface area (TPSA) is 58.2 Å². The van der Waals surface area contributed by atoms with Crippen molar-refractivity contribution in [1.82, 2.24) is 14.9 Å². The predicted octanol–water partition coefficient (Wildman–Crippen LogP) is 4.05. The zero-order valence-corrected chi connectivity index (χ0v) is 14.0. The lowest BCUT2D eigenvalue weighted by Gasteiger charge is -2.31. The Balaban J connectivity index is 2.98. The van der Waals surface area contributed by atoms with Gasteiger partial charge in [-0.1, -0.05) is 13.0 Å². The Morgan fingerprint density at radius 3 is 2.70 bits per heavy atom. The Morgan fingerprint density at radius 1 is 1.65 bits per heavy atom. The van der Waals surface area contributed by atoms with Crippen molar-refractivity contribution in [1.29, 1.82) is 0 Å². The maximum Gasteiger partial charge on any atom is 0.411 e. The lowest BCUT2D eigenvalue weighted by atomic mass is 10.2. The molecule has 0 aliphatic heterocycles. The minimum absolute atomic E-state index is 0.337. The molecule has 1 rings (SSSR count). The van der Waals surface area contributed by atoms with E-state index in [1.165, 1.54) is 0 Å². The second-order valence-electron chi connectivity index (χ2n) is 5.47. The molecule has 1 N–H and O–H groups in total. The van der Waals surface area contributed by atoms with Crippen molar-refractivity contribution in [3.63, 3.8) is 0 Å². The molecule has 0 fully saturated rings. The average Bonchev–Trinajstić information content (AvgIpc) is 2.73. The van der Waals surface area contributed by atoms with Crippen molar-refractivity contribution in [2.24, 2.45) is 0 Å². The fourth-order valence-electron chi connectivity index (χ4n) is 1.76. The highest BCUT2D eigenvalue weighted by molar-refractivity contribution is 9.10. The number of rotatable bonds is 5. The van der Waals surface area contributed by atoms with E-state index < -0.39 is 5.60 Å². The van der Waals surface area contributed by atoms with E-state index in [0.29, 0.717) is 12.4 Å². The van der Waals surface area contributed by atoms with Gasteiger partial charge in [0.1, 0.15) is 22.1 Å². The molecule has 1 atom stereocenters. The van der Waals surface area contributed by atoms with Crippen LogP contribution in [0.4, 0.5) is 4.79 Å². The van der Waals surface area contributed by atoms with Crippen LogP contribution in [0, 0.1) is 0 Å². The summed E-state index contributed by atoms with van der Waals surface area (Å²) in [4.78, 5) is 21.3. The van der Waals surface area contributed by atoms with E-state index in [4.69, 9.17) is 4.74 Å². The predicted molar refractivity (Wildman–Crippen MR) is 82.5 cm³/mol. The van der Waals surface area contributed by atoms with Crippen LogP contribution in [0.2, 0.25) is 0 Å². The molecule has 20 heavy (non-hydrogen) atoms. The van der Waals surface area contributed by atoms with Crippen LogP contribution in [0.3, 0.4) is 0 Å². The van der Waals surface area contributed by atoms with Crippen LogP contribution in [0.5, 0.6) is 0 Å². The van der Waals surface area contributed by atoms with Crippen molar-refractivity contribution < 1.29 is 9.53 Å². The van der Waals surface area contributed by atoms with E-state index in [9.17, 15) is 4.79 Å². The molecule has 0 aliphatic carbocycles. The minimum atomic E-state index is -0.529. The maximum absolute atomic E-state index is 12.3. The number of hydrogen-bond donors (Lipinski definition) is 1. The SMILES string of the molecule is C=C[C@@H](c1ncc(Br)[nH]1)N(CCC)C(=O)OC(C)(C)C. The molecular weight excluding hydrogens is 322 g/mol. The Bertz CT molecular complexity index is 465. The summed E-state index contributed by atoms with van der Waals surface area (Å²) in [6.07, 6.45) is 3.80. The minimum Gasteiger partial charge on any atom is -0.444 e. The van der Waals surface area contributed by atoms with E-state index in [-0.39, 0.29) is 12.1 Å². The highest BCUT2D eigenvalue weighted by atomic mass is 79.9. The fourth-order valence-corrected chi connectivity index (χ4v) is 2.06. The normalized spacial score (nSPS) is 12.8. The molecule has 0 aromatic carbocycles. The zero-order chi connectivity index (χ0) is 15.3. The third-order valence-electron chi connectivity index (χ3n) is 2.50. The van der Waals surface area contributed by atoms with Gasteiger partial charge in [0.15, 0.2) is 0 Å². The summed E-state index contributed by atoms with van der Waals surface area (Å²) in [5.74, 6) is 0.659. The fraction of sp³-hybridized carbons (Fsp3) is 0.571. The van der Waals surface area contributed by atoms with Gasteiger partial charge in [0.05, 0.1) is 6.20 Å². The number of aromatic nitrogens is 2. The van der Waals surface area contributed by atoms with Crippen LogP contribution in [0.25, 0.3) is 0 Å². The largest absolute Gasteiger partial charge is 0.444 e. The van der Waals surface area contributed by atoms with Crippen molar-refractivity contribution >= 4 is 22.0 Å². The molecule has 0 saturated heterocycles. The molecule has 0 spiro atoms. The molecule has 1 aromatic rings. The first-order valence-electron chi connectivity index (χ1n) is 6.61. The third-order valence-corrected chi connectivity index (χ3v) is 2.90. The molecule has 1 amide bonds. The van der Waals surface area contributed by atoms with Crippen LogP contribution >= 0.6 is 15.9 Å². The first-order chi connectivity index (χ1) is 9.28. The van der Waals surface area contributed by atoms with Crippen LogP contribution < -0.4 is 0 Å². The number of H-pyrrole nitrogens is 1. The molecule has 0 unspecified atom stereocenters. The van der Waals surface area contributed by atoms with Crippen molar-refractivity contribution in [3.05, 3.63) is 29.3 Å². The average molecular weight is 344 g/mol. The zero-order valence-electron chi connectivity index (χ0n) is 12.4. The Kier molecular flexibility index (Phi) is 5.80. The molecule has 0 radical (unpaired) electrons. The first-order valence-corrected chi connectivity index (χ1v) is 7.40. The molecule has 6 heteroatoms. The van der Waals surface area contributed by atoms with E-state index in [1.54, 1.807) is 17.2 Å². The molecule has 1 heterocycles. The quantitative estimate of drug-likeness (QED) is 0.820. The number of carbonyl (C=O) groups excluding carboxylic acids is 1. The molecule has 0 aliphatic rings. The van der Waals surface area contributed by atoms with Crippen molar-refractivity contribution in [2.45, 2.75) is 45.8 Å². The van der Waals surface area contributed by atoms with E-state index in [2.05, 4.69) is 32.5 Å². The van der Waals surface area contributed by atoms with E-state index >= 15 is 0 Å². The third kappa shape index (κ3) is 4.67. The van der Waals surface area contributed by atoms with Crippen LogP contribution in [0.1, 0.15) is 46.0 Å². The van der Waals surface area contributed by atoms with Gasteiger partial charge in [-0.25, -0.2) is 9.78 Å². The number of halogens is 1. The number of amides is 1. The number of aromatic amines is 1. The molecule has 0 saturated carbocycles. The summed E-state index contributed by atoms with van der Waals surface area (Å²) in [6, 6.07) is -0.337. The number of nitrogens with zero attached hydrogens (tertiary/aromatic N) is 2. The van der Waals surface area contributed by atoms with Gasteiger partial charge >= 0.3 is 6.09 Å². The van der Waals surface area contributed by atoms with Crippen LogP contribution in [-0.2, 0) is 4.74 Å². The molecule has 0 bridgehead atoms. The van der Waals surface area contributed by atoms with Gasteiger partial charge in [-0.3, -0.25) is 4.90 Å². The van der Waals surface area contributed by atoms with Gasteiger partial charge in [0, 0.05) is 6.54 Å². The first kappa shape index (κ1) is 16.8. The molecular formula is C14H22BrN3O2. The van der Waals surface area contributed by atoms with Gasteiger partial charge in [0.25, 0.3) is 0 Å². The van der Waals surface area contributed by atoms with Crippen LogP contribution in [-0.4, -0.2) is 33.1 Å². The number of imidazole rings is 1. The monoisotopic (exact) mass is 343 g/mol. The van der Waals surface area contributed by atoms with Gasteiger partial charge in [0.2, 0.25) is 0 Å². The van der Waals surface area contributed by atoms with Gasteiger partial charge in [-0.15, -0.1) is 6.58 Å². The molecule has 112 valence electrons. The van der Waals surface area contributed by atoms with E-state index in [1.807, 2.05) is 27.7 Å². The molecule has 5 nitrogen and oxygen atoms in total. The summed E-state index contributed by atoms with van der Waals surface area (Å²) in [5.41, 5.74) is -0.529. The van der Waals surface area contributed by atoms with Gasteiger partial charge in [-0.2, -0.15) is 0 Å². The Hall–Kier alpha value is -1.30. The van der Waals surface area contributed by atoms with Gasteiger partial charge < -0.3 is 9.72 Å². The highest BCUT2D eigenvalue weighted by Gasteiger charge is 2.28. The van der Waals surface area contributed by atoms with Crippen LogP contribution in [0.15, 0.2) is 23.5 Å². The molecule has 1 aromatic heterocycles. The highest BCUT2D eigenvalue weighted by Crippen LogP contribution is 2.23. The van der Waals surface area contributed by atoms with Gasteiger partial charge in [-0.05, 0) is 43.1 Å². The number of nitrogens with one attached hydrogen (secondary N) is 1. The second kappa shape index (κ2) is 6.92. The number of carbonyl (C=O) groups is 1. The number of ether oxygens (including phenoxy) is 1. The smallest absolute Gasteiger partial charge is 0.411 e.